The lowest BCUT2D eigenvalue weighted by molar-refractivity contribution is -0.0521. The summed E-state index contributed by atoms with van der Waals surface area (Å²) in [5.74, 6) is 0. The molecule has 1 N–H and O–H groups in total. The highest BCUT2D eigenvalue weighted by atomic mass is 16.5. The van der Waals surface area contributed by atoms with E-state index < -0.39 is 0 Å². The van der Waals surface area contributed by atoms with Gasteiger partial charge in [0.1, 0.15) is 0 Å². The molecule has 2 nitrogen and oxygen atoms in total. The molecular formula is C7H9NO. The van der Waals surface area contributed by atoms with Crippen molar-refractivity contribution in [1.29, 1.82) is 0 Å². The van der Waals surface area contributed by atoms with Gasteiger partial charge in [0.15, 0.2) is 0 Å². The van der Waals surface area contributed by atoms with Crippen molar-refractivity contribution in [3.8, 4) is 0 Å². The minimum Gasteiger partial charge on any atom is -0.288 e. The van der Waals surface area contributed by atoms with Gasteiger partial charge >= 0.3 is 0 Å². The molecule has 0 radical (unpaired) electrons. The Kier molecular flexibility index (Phi) is 1.70. The van der Waals surface area contributed by atoms with Crippen LogP contribution >= 0.6 is 0 Å². The summed E-state index contributed by atoms with van der Waals surface area (Å²) in [7, 11) is 0. The predicted molar refractivity (Wildman–Crippen MR) is 35.9 cm³/mol. The number of hydrogen-bond acceptors (Lipinski definition) is 2. The maximum Gasteiger partial charge on any atom is 0.0918 e. The van der Waals surface area contributed by atoms with Crippen molar-refractivity contribution < 1.29 is 5.21 Å². The van der Waals surface area contributed by atoms with Crippen molar-refractivity contribution in [2.24, 2.45) is 0 Å². The molecule has 0 aromatic rings. The van der Waals surface area contributed by atoms with Gasteiger partial charge < -0.3 is 0 Å². The third-order valence-corrected chi connectivity index (χ3v) is 1.21. The fraction of sp³-hybridized carbons (Fsp3) is 0.143. The van der Waals surface area contributed by atoms with E-state index in [9.17, 15) is 0 Å². The van der Waals surface area contributed by atoms with Crippen LogP contribution in [-0.2, 0) is 0 Å². The molecule has 0 fully saturated rings. The Balaban J connectivity index is 2.65. The van der Waals surface area contributed by atoms with Gasteiger partial charge in [-0.1, -0.05) is 18.2 Å². The highest BCUT2D eigenvalue weighted by Crippen LogP contribution is 2.04. The van der Waals surface area contributed by atoms with Gasteiger partial charge in [0.05, 0.1) is 6.04 Å². The van der Waals surface area contributed by atoms with E-state index in [4.69, 9.17) is 5.21 Å². The first kappa shape index (κ1) is 6.11. The van der Waals surface area contributed by atoms with Gasteiger partial charge in [-0.15, -0.1) is 6.58 Å². The zero-order valence-electron chi connectivity index (χ0n) is 5.07. The molecule has 0 bridgehead atoms. The van der Waals surface area contributed by atoms with Crippen molar-refractivity contribution in [2.75, 3.05) is 0 Å². The Morgan fingerprint density at radius 3 is 2.78 bits per heavy atom. The predicted octanol–water partition coefficient (Wildman–Crippen LogP) is 1.32. The topological polar surface area (TPSA) is 23.5 Å². The summed E-state index contributed by atoms with van der Waals surface area (Å²) < 4.78 is 0. The third-order valence-electron chi connectivity index (χ3n) is 1.21. The second-order valence-corrected chi connectivity index (χ2v) is 1.83. The van der Waals surface area contributed by atoms with E-state index in [1.54, 1.807) is 18.4 Å². The Morgan fingerprint density at radius 2 is 2.33 bits per heavy atom. The summed E-state index contributed by atoms with van der Waals surface area (Å²) in [5, 5.41) is 10.1. The fourth-order valence-corrected chi connectivity index (χ4v) is 0.690. The highest BCUT2D eigenvalue weighted by molar-refractivity contribution is 5.15. The molecule has 1 unspecified atom stereocenters. The maximum atomic E-state index is 8.99. The zero-order valence-corrected chi connectivity index (χ0v) is 5.07. The second kappa shape index (κ2) is 2.51. The SMILES string of the molecule is C=CC1C=CC=CN1O. The molecule has 1 atom stereocenters. The van der Waals surface area contributed by atoms with E-state index in [0.29, 0.717) is 0 Å². The first-order valence-corrected chi connectivity index (χ1v) is 2.79. The van der Waals surface area contributed by atoms with Crippen molar-refractivity contribution in [3.63, 3.8) is 0 Å². The first-order chi connectivity index (χ1) is 4.34. The lowest BCUT2D eigenvalue weighted by Crippen LogP contribution is -2.24. The standard InChI is InChI=1S/C7H9NO/c1-2-7-5-3-4-6-8(7)9/h2-7,9H,1H2. The molecule has 0 saturated heterocycles. The Hall–Kier alpha value is -1.02. The van der Waals surface area contributed by atoms with Gasteiger partial charge in [0.25, 0.3) is 0 Å². The monoisotopic (exact) mass is 123 g/mol. The molecule has 0 aliphatic carbocycles. The summed E-state index contributed by atoms with van der Waals surface area (Å²) >= 11 is 0. The first-order valence-electron chi connectivity index (χ1n) is 2.79. The Morgan fingerprint density at radius 1 is 1.56 bits per heavy atom. The molecule has 1 aliphatic heterocycles. The van der Waals surface area contributed by atoms with E-state index in [1.807, 2.05) is 12.2 Å². The van der Waals surface area contributed by atoms with Crippen LogP contribution in [0, 0.1) is 0 Å². The molecule has 0 amide bonds. The minimum absolute atomic E-state index is 0.0602. The number of nitrogens with zero attached hydrogens (tertiary/aromatic N) is 1. The van der Waals surface area contributed by atoms with Gasteiger partial charge in [-0.2, -0.15) is 0 Å². The van der Waals surface area contributed by atoms with Crippen LogP contribution in [0.25, 0.3) is 0 Å². The van der Waals surface area contributed by atoms with Crippen molar-refractivity contribution in [1.82, 2.24) is 5.06 Å². The van der Waals surface area contributed by atoms with Crippen LogP contribution < -0.4 is 0 Å². The molecule has 48 valence electrons. The van der Waals surface area contributed by atoms with Crippen LogP contribution in [0.2, 0.25) is 0 Å². The average molecular weight is 123 g/mol. The van der Waals surface area contributed by atoms with E-state index in [0.717, 1.165) is 5.06 Å². The molecule has 0 saturated carbocycles. The van der Waals surface area contributed by atoms with Gasteiger partial charge in [0.2, 0.25) is 0 Å². The molecule has 2 heteroatoms. The fourth-order valence-electron chi connectivity index (χ4n) is 0.690. The Labute approximate surface area is 54.4 Å². The van der Waals surface area contributed by atoms with Crippen LogP contribution in [0.1, 0.15) is 0 Å². The molecule has 1 rings (SSSR count). The van der Waals surface area contributed by atoms with E-state index in [1.165, 1.54) is 0 Å². The average Bonchev–Trinajstić information content (AvgIpc) is 1.89. The van der Waals surface area contributed by atoms with Gasteiger partial charge in [-0.25, -0.2) is 0 Å². The summed E-state index contributed by atoms with van der Waals surface area (Å²) in [5.41, 5.74) is 0. The summed E-state index contributed by atoms with van der Waals surface area (Å²) in [6.07, 6.45) is 8.75. The molecular weight excluding hydrogens is 114 g/mol. The zero-order chi connectivity index (χ0) is 6.69. The van der Waals surface area contributed by atoms with E-state index >= 15 is 0 Å². The molecule has 0 spiro atoms. The van der Waals surface area contributed by atoms with Gasteiger partial charge in [-0.05, 0) is 6.08 Å². The number of rotatable bonds is 1. The molecule has 1 aliphatic rings. The number of allylic oxidation sites excluding steroid dienone is 2. The van der Waals surface area contributed by atoms with Gasteiger partial charge in [0, 0.05) is 6.20 Å². The molecule has 9 heavy (non-hydrogen) atoms. The largest absolute Gasteiger partial charge is 0.288 e. The number of hydroxylamine groups is 2. The third kappa shape index (κ3) is 1.21. The van der Waals surface area contributed by atoms with Crippen LogP contribution in [-0.4, -0.2) is 16.3 Å². The maximum absolute atomic E-state index is 8.99. The summed E-state index contributed by atoms with van der Waals surface area (Å²) in [4.78, 5) is 0. The van der Waals surface area contributed by atoms with Crippen molar-refractivity contribution >= 4 is 0 Å². The van der Waals surface area contributed by atoms with E-state index in [2.05, 4.69) is 6.58 Å². The normalized spacial score (nSPS) is 24.6. The molecule has 0 aromatic heterocycles. The molecule has 1 heterocycles. The van der Waals surface area contributed by atoms with Crippen LogP contribution in [0.5, 0.6) is 0 Å². The van der Waals surface area contributed by atoms with Crippen molar-refractivity contribution in [3.05, 3.63) is 37.1 Å². The van der Waals surface area contributed by atoms with E-state index in [-0.39, 0.29) is 6.04 Å². The molecule has 0 aromatic carbocycles. The second-order valence-electron chi connectivity index (χ2n) is 1.83. The Bertz CT molecular complexity index is 160. The van der Waals surface area contributed by atoms with Crippen LogP contribution in [0.15, 0.2) is 37.1 Å². The van der Waals surface area contributed by atoms with Gasteiger partial charge in [-0.3, -0.25) is 10.3 Å². The number of hydrogen-bond donors (Lipinski definition) is 1. The highest BCUT2D eigenvalue weighted by Gasteiger charge is 2.05. The van der Waals surface area contributed by atoms with Crippen molar-refractivity contribution in [2.45, 2.75) is 6.04 Å². The van der Waals surface area contributed by atoms with Crippen LogP contribution in [0.3, 0.4) is 0 Å². The summed E-state index contributed by atoms with van der Waals surface area (Å²) in [6.45, 7) is 3.55. The van der Waals surface area contributed by atoms with Crippen LogP contribution in [0.4, 0.5) is 0 Å². The lowest BCUT2D eigenvalue weighted by Gasteiger charge is -2.19. The smallest absolute Gasteiger partial charge is 0.0918 e. The minimum atomic E-state index is -0.0602. The quantitative estimate of drug-likeness (QED) is 0.531. The lowest BCUT2D eigenvalue weighted by atomic mass is 10.2. The summed E-state index contributed by atoms with van der Waals surface area (Å²) in [6, 6.07) is -0.0602.